The van der Waals surface area contributed by atoms with Gasteiger partial charge in [-0.05, 0) is 31.4 Å². The van der Waals surface area contributed by atoms with Crippen molar-refractivity contribution >= 4 is 0 Å². The summed E-state index contributed by atoms with van der Waals surface area (Å²) in [6, 6.07) is 8.82. The molecule has 0 heterocycles. The third-order valence-electron chi connectivity index (χ3n) is 2.47. The van der Waals surface area contributed by atoms with Gasteiger partial charge in [0.1, 0.15) is 0 Å². The molecule has 3 N–H and O–H groups in total. The Labute approximate surface area is 99.2 Å². The van der Waals surface area contributed by atoms with E-state index in [-0.39, 0.29) is 5.54 Å². The summed E-state index contributed by atoms with van der Waals surface area (Å²) in [7, 11) is 0. The molecule has 0 saturated heterocycles. The Morgan fingerprint density at radius 3 is 2.19 bits per heavy atom. The summed E-state index contributed by atoms with van der Waals surface area (Å²) in [5.41, 5.74) is 8.51. The zero-order chi connectivity index (χ0) is 12.0. The van der Waals surface area contributed by atoms with Gasteiger partial charge in [-0.25, -0.2) is 0 Å². The van der Waals surface area contributed by atoms with Crippen molar-refractivity contribution in [2.24, 2.45) is 5.73 Å². The van der Waals surface area contributed by atoms with Crippen LogP contribution in [0.25, 0.3) is 0 Å². The summed E-state index contributed by atoms with van der Waals surface area (Å²) in [5.74, 6) is 0. The van der Waals surface area contributed by atoms with Crippen molar-refractivity contribution in [3.8, 4) is 0 Å². The molecule has 2 nitrogen and oxygen atoms in total. The molecule has 2 heteroatoms. The lowest BCUT2D eigenvalue weighted by Gasteiger charge is -2.19. The summed E-state index contributed by atoms with van der Waals surface area (Å²) in [6.07, 6.45) is 2.38. The predicted molar refractivity (Wildman–Crippen MR) is 70.4 cm³/mol. The summed E-state index contributed by atoms with van der Waals surface area (Å²) in [5, 5.41) is 3.37. The third-order valence-corrected chi connectivity index (χ3v) is 2.47. The number of rotatable bonds is 6. The second-order valence-corrected chi connectivity index (χ2v) is 5.16. The molecule has 0 amide bonds. The summed E-state index contributed by atoms with van der Waals surface area (Å²) in [6.45, 7) is 8.00. The number of nitrogens with two attached hydrogens (primary N) is 1. The maximum absolute atomic E-state index is 5.90. The smallest absolute Gasteiger partial charge is 0.0223 e. The van der Waals surface area contributed by atoms with Gasteiger partial charge in [-0.15, -0.1) is 0 Å². The maximum Gasteiger partial charge on any atom is 0.0223 e. The average molecular weight is 220 g/mol. The number of benzene rings is 1. The van der Waals surface area contributed by atoms with Gasteiger partial charge >= 0.3 is 0 Å². The Bertz CT molecular complexity index is 296. The monoisotopic (exact) mass is 220 g/mol. The Morgan fingerprint density at radius 1 is 1.12 bits per heavy atom. The lowest BCUT2D eigenvalue weighted by Crippen LogP contribution is -2.42. The molecule has 0 radical (unpaired) electrons. The molecule has 1 aromatic rings. The van der Waals surface area contributed by atoms with Crippen molar-refractivity contribution in [2.75, 3.05) is 6.54 Å². The fourth-order valence-corrected chi connectivity index (χ4v) is 1.64. The van der Waals surface area contributed by atoms with Crippen LogP contribution in [0.1, 0.15) is 38.3 Å². The van der Waals surface area contributed by atoms with Gasteiger partial charge in [-0.2, -0.15) is 0 Å². The van der Waals surface area contributed by atoms with Gasteiger partial charge in [0.25, 0.3) is 0 Å². The molecule has 1 aromatic carbocycles. The topological polar surface area (TPSA) is 38.0 Å². The molecule has 16 heavy (non-hydrogen) atoms. The molecule has 0 aliphatic carbocycles. The SMILES string of the molecule is CCCc1ccc(CNCC(C)(C)N)cc1. The molecule has 0 spiro atoms. The van der Waals surface area contributed by atoms with Gasteiger partial charge in [0, 0.05) is 18.6 Å². The minimum absolute atomic E-state index is 0.137. The molecule has 0 fully saturated rings. The summed E-state index contributed by atoms with van der Waals surface area (Å²) < 4.78 is 0. The van der Waals surface area contributed by atoms with Crippen LogP contribution in [0.4, 0.5) is 0 Å². The fraction of sp³-hybridized carbons (Fsp3) is 0.571. The van der Waals surface area contributed by atoms with Gasteiger partial charge in [0.05, 0.1) is 0 Å². The molecular formula is C14H24N2. The van der Waals surface area contributed by atoms with E-state index in [2.05, 4.69) is 36.5 Å². The van der Waals surface area contributed by atoms with E-state index in [0.717, 1.165) is 13.1 Å². The summed E-state index contributed by atoms with van der Waals surface area (Å²) in [4.78, 5) is 0. The Balaban J connectivity index is 2.37. The van der Waals surface area contributed by atoms with Crippen molar-refractivity contribution in [3.05, 3.63) is 35.4 Å². The average Bonchev–Trinajstić information content (AvgIpc) is 2.19. The molecular weight excluding hydrogens is 196 g/mol. The Hall–Kier alpha value is -0.860. The van der Waals surface area contributed by atoms with Crippen LogP contribution in [-0.4, -0.2) is 12.1 Å². The first kappa shape index (κ1) is 13.2. The van der Waals surface area contributed by atoms with Crippen LogP contribution in [0.5, 0.6) is 0 Å². The number of hydrogen-bond acceptors (Lipinski definition) is 2. The highest BCUT2D eigenvalue weighted by molar-refractivity contribution is 5.22. The van der Waals surface area contributed by atoms with E-state index in [4.69, 9.17) is 5.73 Å². The van der Waals surface area contributed by atoms with Crippen molar-refractivity contribution < 1.29 is 0 Å². The van der Waals surface area contributed by atoms with Gasteiger partial charge in [-0.1, -0.05) is 37.6 Å². The quantitative estimate of drug-likeness (QED) is 0.773. The number of nitrogens with one attached hydrogen (secondary N) is 1. The van der Waals surface area contributed by atoms with Crippen LogP contribution < -0.4 is 11.1 Å². The first-order valence-electron chi connectivity index (χ1n) is 6.08. The normalized spacial score (nSPS) is 11.8. The minimum atomic E-state index is -0.137. The minimum Gasteiger partial charge on any atom is -0.324 e. The molecule has 90 valence electrons. The zero-order valence-electron chi connectivity index (χ0n) is 10.7. The van der Waals surface area contributed by atoms with Gasteiger partial charge in [-0.3, -0.25) is 0 Å². The molecule has 0 unspecified atom stereocenters. The van der Waals surface area contributed by atoms with E-state index in [1.807, 2.05) is 13.8 Å². The van der Waals surface area contributed by atoms with Crippen LogP contribution in [0.15, 0.2) is 24.3 Å². The first-order chi connectivity index (χ1) is 7.51. The van der Waals surface area contributed by atoms with Crippen molar-refractivity contribution in [2.45, 2.75) is 45.7 Å². The van der Waals surface area contributed by atoms with E-state index < -0.39 is 0 Å². The fourth-order valence-electron chi connectivity index (χ4n) is 1.64. The first-order valence-corrected chi connectivity index (χ1v) is 6.08. The van der Waals surface area contributed by atoms with Crippen LogP contribution in [0.3, 0.4) is 0 Å². The van der Waals surface area contributed by atoms with E-state index >= 15 is 0 Å². The van der Waals surface area contributed by atoms with Crippen LogP contribution in [0.2, 0.25) is 0 Å². The standard InChI is InChI=1S/C14H24N2/c1-4-5-12-6-8-13(9-7-12)10-16-11-14(2,3)15/h6-9,16H,4-5,10-11,15H2,1-3H3. The van der Waals surface area contributed by atoms with Crippen molar-refractivity contribution in [1.29, 1.82) is 0 Å². The van der Waals surface area contributed by atoms with Crippen LogP contribution in [-0.2, 0) is 13.0 Å². The lowest BCUT2D eigenvalue weighted by molar-refractivity contribution is 0.466. The summed E-state index contributed by atoms with van der Waals surface area (Å²) >= 11 is 0. The third kappa shape index (κ3) is 5.29. The predicted octanol–water partition coefficient (Wildman–Crippen LogP) is 2.47. The molecule has 0 atom stereocenters. The highest BCUT2D eigenvalue weighted by Crippen LogP contribution is 2.06. The van der Waals surface area contributed by atoms with E-state index in [0.29, 0.717) is 0 Å². The highest BCUT2D eigenvalue weighted by atomic mass is 14.9. The van der Waals surface area contributed by atoms with Crippen molar-refractivity contribution in [1.82, 2.24) is 5.32 Å². The van der Waals surface area contributed by atoms with E-state index in [9.17, 15) is 0 Å². The lowest BCUT2D eigenvalue weighted by atomic mass is 10.1. The number of hydrogen-bond donors (Lipinski definition) is 2. The molecule has 0 bridgehead atoms. The largest absolute Gasteiger partial charge is 0.324 e. The number of aryl methyl sites for hydroxylation is 1. The molecule has 0 aliphatic rings. The van der Waals surface area contributed by atoms with Gasteiger partial charge in [0.15, 0.2) is 0 Å². The van der Waals surface area contributed by atoms with E-state index in [1.165, 1.54) is 24.0 Å². The van der Waals surface area contributed by atoms with Crippen molar-refractivity contribution in [3.63, 3.8) is 0 Å². The molecule has 1 rings (SSSR count). The maximum atomic E-state index is 5.90. The van der Waals surface area contributed by atoms with Gasteiger partial charge in [0.2, 0.25) is 0 Å². The zero-order valence-corrected chi connectivity index (χ0v) is 10.7. The van der Waals surface area contributed by atoms with E-state index in [1.54, 1.807) is 0 Å². The molecule has 0 saturated carbocycles. The van der Waals surface area contributed by atoms with Crippen LogP contribution >= 0.6 is 0 Å². The Kier molecular flexibility index (Phi) is 4.97. The van der Waals surface area contributed by atoms with Gasteiger partial charge < -0.3 is 11.1 Å². The highest BCUT2D eigenvalue weighted by Gasteiger charge is 2.08. The second-order valence-electron chi connectivity index (χ2n) is 5.16. The second kappa shape index (κ2) is 6.02. The van der Waals surface area contributed by atoms with Crippen LogP contribution in [0, 0.1) is 0 Å². The molecule has 0 aliphatic heterocycles. The molecule has 0 aromatic heterocycles. The Morgan fingerprint density at radius 2 is 1.69 bits per heavy atom.